The molecule has 1 heterocycles. The molecule has 2 aliphatic carbocycles. The molecule has 0 radical (unpaired) electrons. The maximum Gasteiger partial charge on any atom is 0.331 e. The standard InChI is InChI=1S/C27H37NO4S/c1-17(2)24-12-10-18(3)25-14-23(32-27(30)13-11-21-16-33-19(4)28-21)9-7-6-8-22(15-26(24)25)31-20(5)29/h6-7,10-11,13,16-17,22-26H,8-9,12,14-15H2,1-5H3/b7-6-,13-11+. The second kappa shape index (κ2) is 11.8. The highest BCUT2D eigenvalue weighted by Crippen LogP contribution is 2.44. The molecule has 5 unspecified atom stereocenters. The van der Waals surface area contributed by atoms with Gasteiger partial charge in [-0.2, -0.15) is 0 Å². The summed E-state index contributed by atoms with van der Waals surface area (Å²) < 4.78 is 11.6. The molecule has 5 nitrogen and oxygen atoms in total. The van der Waals surface area contributed by atoms with Crippen LogP contribution in [0.25, 0.3) is 6.08 Å². The summed E-state index contributed by atoms with van der Waals surface area (Å²) in [6, 6.07) is 0. The Morgan fingerprint density at radius 3 is 2.39 bits per heavy atom. The molecule has 0 aliphatic heterocycles. The Labute approximate surface area is 202 Å². The fourth-order valence-corrected chi connectivity index (χ4v) is 5.85. The summed E-state index contributed by atoms with van der Waals surface area (Å²) in [6.45, 7) is 10.2. The molecule has 6 heteroatoms. The average Bonchev–Trinajstić information content (AvgIpc) is 3.16. The van der Waals surface area contributed by atoms with Crippen LogP contribution in [0.1, 0.15) is 70.5 Å². The monoisotopic (exact) mass is 471 g/mol. The van der Waals surface area contributed by atoms with Crippen molar-refractivity contribution in [3.05, 3.63) is 46.0 Å². The van der Waals surface area contributed by atoms with Crippen molar-refractivity contribution in [3.8, 4) is 0 Å². The van der Waals surface area contributed by atoms with E-state index < -0.39 is 0 Å². The van der Waals surface area contributed by atoms with Gasteiger partial charge in [-0.3, -0.25) is 4.79 Å². The fraction of sp³-hybridized carbons (Fsp3) is 0.593. The quantitative estimate of drug-likeness (QED) is 0.287. The van der Waals surface area contributed by atoms with Crippen LogP contribution in [-0.4, -0.2) is 29.1 Å². The van der Waals surface area contributed by atoms with Crippen molar-refractivity contribution < 1.29 is 19.1 Å². The molecule has 3 rings (SSSR count). The van der Waals surface area contributed by atoms with Crippen LogP contribution in [0.4, 0.5) is 0 Å². The first-order chi connectivity index (χ1) is 15.7. The number of nitrogens with zero attached hydrogens (tertiary/aromatic N) is 1. The number of allylic oxidation sites excluding steroid dienone is 2. The van der Waals surface area contributed by atoms with Crippen molar-refractivity contribution in [1.29, 1.82) is 0 Å². The summed E-state index contributed by atoms with van der Waals surface area (Å²) in [5, 5.41) is 2.90. The third-order valence-electron chi connectivity index (χ3n) is 6.88. The van der Waals surface area contributed by atoms with E-state index in [1.54, 1.807) is 17.4 Å². The van der Waals surface area contributed by atoms with Crippen LogP contribution in [0.15, 0.2) is 35.3 Å². The molecule has 0 saturated carbocycles. The van der Waals surface area contributed by atoms with Crippen LogP contribution < -0.4 is 0 Å². The van der Waals surface area contributed by atoms with Crippen molar-refractivity contribution in [2.75, 3.05) is 0 Å². The highest BCUT2D eigenvalue weighted by atomic mass is 32.1. The van der Waals surface area contributed by atoms with E-state index in [1.807, 2.05) is 12.3 Å². The highest BCUT2D eigenvalue weighted by molar-refractivity contribution is 7.09. The topological polar surface area (TPSA) is 65.5 Å². The number of esters is 2. The van der Waals surface area contributed by atoms with Crippen molar-refractivity contribution in [2.45, 2.75) is 78.9 Å². The first-order valence-corrected chi connectivity index (χ1v) is 12.9. The van der Waals surface area contributed by atoms with E-state index in [0.717, 1.165) is 30.0 Å². The largest absolute Gasteiger partial charge is 0.462 e. The van der Waals surface area contributed by atoms with Gasteiger partial charge >= 0.3 is 11.9 Å². The van der Waals surface area contributed by atoms with E-state index >= 15 is 0 Å². The second-order valence-corrected chi connectivity index (χ2v) is 10.8. The molecule has 2 aliphatic rings. The summed E-state index contributed by atoms with van der Waals surface area (Å²) >= 11 is 1.56. The lowest BCUT2D eigenvalue weighted by Crippen LogP contribution is -2.37. The molecule has 0 amide bonds. The van der Waals surface area contributed by atoms with Crippen LogP contribution in [0, 0.1) is 30.6 Å². The molecular weight excluding hydrogens is 434 g/mol. The molecular formula is C27H37NO4S. The smallest absolute Gasteiger partial charge is 0.331 e. The second-order valence-electron chi connectivity index (χ2n) is 9.69. The number of aryl methyl sites for hydroxylation is 1. The van der Waals surface area contributed by atoms with Crippen molar-refractivity contribution in [3.63, 3.8) is 0 Å². The van der Waals surface area contributed by atoms with Gasteiger partial charge in [0.1, 0.15) is 12.2 Å². The Hall–Kier alpha value is -2.21. The summed E-state index contributed by atoms with van der Waals surface area (Å²) in [5.74, 6) is 1.19. The Morgan fingerprint density at radius 2 is 1.79 bits per heavy atom. The number of thiazole rings is 1. The lowest BCUT2D eigenvalue weighted by molar-refractivity contribution is -0.148. The maximum atomic E-state index is 12.6. The molecule has 180 valence electrons. The molecule has 33 heavy (non-hydrogen) atoms. The zero-order valence-corrected chi connectivity index (χ0v) is 21.3. The van der Waals surface area contributed by atoms with Crippen LogP contribution in [-0.2, 0) is 19.1 Å². The molecule has 0 spiro atoms. The van der Waals surface area contributed by atoms with Crippen LogP contribution in [0.2, 0.25) is 0 Å². The van der Waals surface area contributed by atoms with Gasteiger partial charge in [0, 0.05) is 31.2 Å². The zero-order chi connectivity index (χ0) is 24.0. The minimum atomic E-state index is -0.330. The van der Waals surface area contributed by atoms with Gasteiger partial charge in [0.05, 0.1) is 10.7 Å². The minimum Gasteiger partial charge on any atom is -0.462 e. The Morgan fingerprint density at radius 1 is 1.09 bits per heavy atom. The number of carbonyl (C=O) groups is 2. The van der Waals surface area contributed by atoms with Gasteiger partial charge < -0.3 is 9.47 Å². The number of aromatic nitrogens is 1. The van der Waals surface area contributed by atoms with Gasteiger partial charge in [-0.05, 0) is 62.9 Å². The number of hydrogen-bond acceptors (Lipinski definition) is 6. The summed E-state index contributed by atoms with van der Waals surface area (Å²) in [4.78, 5) is 28.7. The van der Waals surface area contributed by atoms with Crippen LogP contribution in [0.5, 0.6) is 0 Å². The van der Waals surface area contributed by atoms with Crippen molar-refractivity contribution >= 4 is 29.4 Å². The van der Waals surface area contributed by atoms with E-state index in [9.17, 15) is 9.59 Å². The molecule has 0 bridgehead atoms. The number of fused-ring (bicyclic) bond motifs is 1. The molecule has 0 fully saturated rings. The summed E-state index contributed by atoms with van der Waals surface area (Å²) in [5.41, 5.74) is 2.14. The lowest BCUT2D eigenvalue weighted by Gasteiger charge is -2.42. The average molecular weight is 472 g/mol. The predicted octanol–water partition coefficient (Wildman–Crippen LogP) is 6.29. The van der Waals surface area contributed by atoms with Crippen molar-refractivity contribution in [2.24, 2.45) is 23.7 Å². The predicted molar refractivity (Wildman–Crippen MR) is 133 cm³/mol. The zero-order valence-electron chi connectivity index (χ0n) is 20.5. The van der Waals surface area contributed by atoms with Gasteiger partial charge in [-0.1, -0.05) is 37.6 Å². The maximum absolute atomic E-state index is 12.6. The van der Waals surface area contributed by atoms with Gasteiger partial charge in [-0.15, -0.1) is 11.3 Å². The Bertz CT molecular complexity index is 913. The third kappa shape index (κ3) is 7.39. The summed E-state index contributed by atoms with van der Waals surface area (Å²) in [6.07, 6.45) is 13.4. The van der Waals surface area contributed by atoms with E-state index in [0.29, 0.717) is 36.5 Å². The highest BCUT2D eigenvalue weighted by Gasteiger charge is 2.38. The number of ether oxygens (including phenoxy) is 2. The van der Waals surface area contributed by atoms with Gasteiger partial charge in [0.15, 0.2) is 0 Å². The van der Waals surface area contributed by atoms with E-state index in [1.165, 1.54) is 18.6 Å². The number of hydrogen-bond donors (Lipinski definition) is 0. The van der Waals surface area contributed by atoms with Crippen LogP contribution >= 0.6 is 11.3 Å². The number of carbonyl (C=O) groups excluding carboxylic acids is 2. The molecule has 0 N–H and O–H groups in total. The van der Waals surface area contributed by atoms with Gasteiger partial charge in [0.2, 0.25) is 0 Å². The SMILES string of the molecule is CC(=O)OC1C/C=C\CC(OC(=O)/C=C/c2csc(C)n2)CC2C(C)=CCC(C(C)C)C2C1. The normalized spacial score (nSPS) is 29.3. The molecule has 0 saturated heterocycles. The molecule has 1 aromatic heterocycles. The Balaban J connectivity index is 1.79. The van der Waals surface area contributed by atoms with E-state index in [4.69, 9.17) is 9.47 Å². The van der Waals surface area contributed by atoms with E-state index in [-0.39, 0.29) is 24.1 Å². The first-order valence-electron chi connectivity index (χ1n) is 12.0. The first kappa shape index (κ1) is 25.4. The van der Waals surface area contributed by atoms with Crippen molar-refractivity contribution in [1.82, 2.24) is 4.98 Å². The number of rotatable bonds is 5. The van der Waals surface area contributed by atoms with Crippen LogP contribution in [0.3, 0.4) is 0 Å². The van der Waals surface area contributed by atoms with Gasteiger partial charge in [0.25, 0.3) is 0 Å². The summed E-state index contributed by atoms with van der Waals surface area (Å²) in [7, 11) is 0. The van der Waals surface area contributed by atoms with Gasteiger partial charge in [-0.25, -0.2) is 9.78 Å². The molecule has 1 aromatic rings. The Kier molecular flexibility index (Phi) is 9.07. The lowest BCUT2D eigenvalue weighted by atomic mass is 9.64. The molecule has 5 atom stereocenters. The third-order valence-corrected chi connectivity index (χ3v) is 7.67. The van der Waals surface area contributed by atoms with E-state index in [2.05, 4.69) is 44.0 Å². The fourth-order valence-electron chi connectivity index (χ4n) is 5.27. The minimum absolute atomic E-state index is 0.109. The molecule has 0 aromatic carbocycles.